The van der Waals surface area contributed by atoms with Crippen molar-refractivity contribution in [3.05, 3.63) is 42.4 Å². The summed E-state index contributed by atoms with van der Waals surface area (Å²) in [5.41, 5.74) is 6.97. The quantitative estimate of drug-likeness (QED) is 0.725. The minimum Gasteiger partial charge on any atom is -0.484 e. The second kappa shape index (κ2) is 5.04. The standard InChI is InChI=1S/C13H13N5O2/c1-18-6-5-11(16-18)13-15-12(20-17-13)8-19-10-4-2-3-9(14)7-10/h2-7H,8,14H2,1H3. The molecule has 0 atom stereocenters. The first-order valence-electron chi connectivity index (χ1n) is 6.01. The monoisotopic (exact) mass is 271 g/mol. The van der Waals surface area contributed by atoms with Crippen molar-refractivity contribution in [2.75, 3.05) is 5.73 Å². The van der Waals surface area contributed by atoms with E-state index in [4.69, 9.17) is 15.0 Å². The van der Waals surface area contributed by atoms with Crippen LogP contribution in [0.4, 0.5) is 5.69 Å². The Kier molecular flexibility index (Phi) is 3.08. The van der Waals surface area contributed by atoms with Crippen molar-refractivity contribution in [2.24, 2.45) is 7.05 Å². The van der Waals surface area contributed by atoms with Crippen LogP contribution in [0, 0.1) is 0 Å². The van der Waals surface area contributed by atoms with Gasteiger partial charge in [0.15, 0.2) is 6.61 Å². The lowest BCUT2D eigenvalue weighted by Crippen LogP contribution is -1.96. The molecule has 0 saturated heterocycles. The van der Waals surface area contributed by atoms with Crippen molar-refractivity contribution < 1.29 is 9.26 Å². The van der Waals surface area contributed by atoms with Crippen LogP contribution in [0.2, 0.25) is 0 Å². The third-order valence-electron chi connectivity index (χ3n) is 2.63. The second-order valence-corrected chi connectivity index (χ2v) is 4.25. The van der Waals surface area contributed by atoms with Gasteiger partial charge in [-0.05, 0) is 18.2 Å². The number of aryl methyl sites for hydroxylation is 1. The normalized spacial score (nSPS) is 10.7. The summed E-state index contributed by atoms with van der Waals surface area (Å²) in [6, 6.07) is 8.96. The molecule has 0 aliphatic carbocycles. The molecule has 2 aromatic heterocycles. The zero-order valence-electron chi connectivity index (χ0n) is 10.9. The lowest BCUT2D eigenvalue weighted by Gasteiger charge is -2.02. The zero-order chi connectivity index (χ0) is 13.9. The highest BCUT2D eigenvalue weighted by Crippen LogP contribution is 2.17. The summed E-state index contributed by atoms with van der Waals surface area (Å²) in [5.74, 6) is 1.48. The number of nitrogen functional groups attached to an aromatic ring is 1. The molecular weight excluding hydrogens is 258 g/mol. The van der Waals surface area contributed by atoms with Crippen LogP contribution in [-0.2, 0) is 13.7 Å². The van der Waals surface area contributed by atoms with Gasteiger partial charge in [0.1, 0.15) is 11.4 Å². The van der Waals surface area contributed by atoms with Gasteiger partial charge < -0.3 is 15.0 Å². The fourth-order valence-corrected chi connectivity index (χ4v) is 1.70. The lowest BCUT2D eigenvalue weighted by atomic mass is 10.3. The highest BCUT2D eigenvalue weighted by atomic mass is 16.5. The van der Waals surface area contributed by atoms with E-state index in [2.05, 4.69) is 15.2 Å². The van der Waals surface area contributed by atoms with E-state index >= 15 is 0 Å². The third kappa shape index (κ3) is 2.61. The summed E-state index contributed by atoms with van der Waals surface area (Å²) in [6.45, 7) is 0.184. The van der Waals surface area contributed by atoms with Crippen molar-refractivity contribution in [2.45, 2.75) is 6.61 Å². The van der Waals surface area contributed by atoms with Crippen LogP contribution < -0.4 is 10.5 Å². The van der Waals surface area contributed by atoms with Crippen LogP contribution in [0.1, 0.15) is 5.89 Å². The van der Waals surface area contributed by atoms with Gasteiger partial charge in [-0.15, -0.1) is 0 Å². The molecule has 3 aromatic rings. The minimum atomic E-state index is 0.184. The molecule has 102 valence electrons. The molecule has 0 aliphatic rings. The summed E-state index contributed by atoms with van der Waals surface area (Å²) in [5, 5.41) is 8.06. The number of hydrogen-bond acceptors (Lipinski definition) is 6. The number of aromatic nitrogens is 4. The summed E-state index contributed by atoms with van der Waals surface area (Å²) in [6.07, 6.45) is 1.81. The number of rotatable bonds is 4. The molecule has 0 fully saturated rings. The van der Waals surface area contributed by atoms with E-state index in [1.54, 1.807) is 16.8 Å². The Balaban J connectivity index is 1.68. The van der Waals surface area contributed by atoms with E-state index in [1.165, 1.54) is 0 Å². The van der Waals surface area contributed by atoms with Crippen LogP contribution in [0.5, 0.6) is 5.75 Å². The Morgan fingerprint density at radius 3 is 3.00 bits per heavy atom. The Morgan fingerprint density at radius 2 is 2.25 bits per heavy atom. The van der Waals surface area contributed by atoms with Gasteiger partial charge in [-0.3, -0.25) is 4.68 Å². The van der Waals surface area contributed by atoms with Crippen molar-refractivity contribution in [1.29, 1.82) is 0 Å². The van der Waals surface area contributed by atoms with E-state index < -0.39 is 0 Å². The summed E-state index contributed by atoms with van der Waals surface area (Å²) in [7, 11) is 1.83. The van der Waals surface area contributed by atoms with Crippen LogP contribution in [-0.4, -0.2) is 19.9 Å². The van der Waals surface area contributed by atoms with Crippen molar-refractivity contribution in [3.8, 4) is 17.3 Å². The molecule has 0 radical (unpaired) electrons. The maximum Gasteiger partial charge on any atom is 0.264 e. The van der Waals surface area contributed by atoms with E-state index in [0.29, 0.717) is 28.8 Å². The van der Waals surface area contributed by atoms with Crippen LogP contribution in [0.3, 0.4) is 0 Å². The Bertz CT molecular complexity index is 719. The highest BCUT2D eigenvalue weighted by Gasteiger charge is 2.11. The largest absolute Gasteiger partial charge is 0.484 e. The molecule has 2 heterocycles. The minimum absolute atomic E-state index is 0.184. The van der Waals surface area contributed by atoms with Gasteiger partial charge in [0.05, 0.1) is 0 Å². The first kappa shape index (κ1) is 12.2. The molecular formula is C13H13N5O2. The first-order valence-corrected chi connectivity index (χ1v) is 6.01. The van der Waals surface area contributed by atoms with Crippen LogP contribution in [0.15, 0.2) is 41.1 Å². The van der Waals surface area contributed by atoms with Crippen molar-refractivity contribution in [1.82, 2.24) is 19.9 Å². The maximum absolute atomic E-state index is 5.67. The number of hydrogen-bond donors (Lipinski definition) is 1. The average Bonchev–Trinajstić information content (AvgIpc) is 3.05. The molecule has 0 unspecified atom stereocenters. The van der Waals surface area contributed by atoms with E-state index in [9.17, 15) is 0 Å². The molecule has 0 spiro atoms. The van der Waals surface area contributed by atoms with Gasteiger partial charge >= 0.3 is 0 Å². The molecule has 0 saturated carbocycles. The summed E-state index contributed by atoms with van der Waals surface area (Å²) >= 11 is 0. The highest BCUT2D eigenvalue weighted by molar-refractivity contribution is 5.46. The molecule has 20 heavy (non-hydrogen) atoms. The summed E-state index contributed by atoms with van der Waals surface area (Å²) in [4.78, 5) is 4.22. The number of nitrogens with two attached hydrogens (primary N) is 1. The maximum atomic E-state index is 5.67. The molecule has 2 N–H and O–H groups in total. The van der Waals surface area contributed by atoms with Crippen molar-refractivity contribution >= 4 is 5.69 Å². The number of benzene rings is 1. The molecule has 7 nitrogen and oxygen atoms in total. The molecule has 7 heteroatoms. The van der Waals surface area contributed by atoms with Gasteiger partial charge in [-0.2, -0.15) is 10.1 Å². The van der Waals surface area contributed by atoms with Gasteiger partial charge in [0.2, 0.25) is 5.82 Å². The Hall–Kier alpha value is -2.83. The van der Waals surface area contributed by atoms with Crippen LogP contribution in [0.25, 0.3) is 11.5 Å². The number of nitrogens with zero attached hydrogens (tertiary/aromatic N) is 4. The molecule has 3 rings (SSSR count). The Labute approximate surface area is 115 Å². The van der Waals surface area contributed by atoms with Gasteiger partial charge in [-0.1, -0.05) is 11.2 Å². The van der Waals surface area contributed by atoms with E-state index in [0.717, 1.165) is 0 Å². The van der Waals surface area contributed by atoms with Crippen LogP contribution >= 0.6 is 0 Å². The SMILES string of the molecule is Cn1ccc(-c2noc(COc3cccc(N)c3)n2)n1. The number of ether oxygens (including phenoxy) is 1. The molecule has 0 aliphatic heterocycles. The molecule has 0 bridgehead atoms. The summed E-state index contributed by atoms with van der Waals surface area (Å²) < 4.78 is 12.3. The van der Waals surface area contributed by atoms with Gasteiger partial charge in [0, 0.05) is 25.0 Å². The molecule has 0 amide bonds. The average molecular weight is 271 g/mol. The van der Waals surface area contributed by atoms with Gasteiger partial charge in [-0.25, -0.2) is 0 Å². The second-order valence-electron chi connectivity index (χ2n) is 4.25. The van der Waals surface area contributed by atoms with Crippen molar-refractivity contribution in [3.63, 3.8) is 0 Å². The molecule has 1 aromatic carbocycles. The first-order chi connectivity index (χ1) is 9.70. The predicted molar refractivity (Wildman–Crippen MR) is 71.7 cm³/mol. The fraction of sp³-hybridized carbons (Fsp3) is 0.154. The lowest BCUT2D eigenvalue weighted by molar-refractivity contribution is 0.243. The van der Waals surface area contributed by atoms with E-state index in [-0.39, 0.29) is 6.61 Å². The fourth-order valence-electron chi connectivity index (χ4n) is 1.70. The smallest absolute Gasteiger partial charge is 0.264 e. The van der Waals surface area contributed by atoms with Gasteiger partial charge in [0.25, 0.3) is 5.89 Å². The van der Waals surface area contributed by atoms with E-state index in [1.807, 2.05) is 31.4 Å². The number of anilines is 1. The Morgan fingerprint density at radius 1 is 1.35 bits per heavy atom. The third-order valence-corrected chi connectivity index (χ3v) is 2.63. The predicted octanol–water partition coefficient (Wildman–Crippen LogP) is 1.63. The topological polar surface area (TPSA) is 92.0 Å². The zero-order valence-corrected chi connectivity index (χ0v) is 10.9.